The molecular formula is C16H12F3NO2. The van der Waals surface area contributed by atoms with E-state index in [0.717, 1.165) is 12.1 Å². The quantitative estimate of drug-likeness (QED) is 0.867. The van der Waals surface area contributed by atoms with Crippen LogP contribution in [0.1, 0.15) is 17.2 Å². The van der Waals surface area contributed by atoms with Crippen LogP contribution in [0.2, 0.25) is 0 Å². The van der Waals surface area contributed by atoms with Crippen LogP contribution in [-0.4, -0.2) is 19.6 Å². The molecular weight excluding hydrogens is 295 g/mol. The van der Waals surface area contributed by atoms with Crippen LogP contribution in [0.15, 0.2) is 41.4 Å². The normalized spacial score (nSPS) is 17.1. The largest absolute Gasteiger partial charge is 0.496 e. The van der Waals surface area contributed by atoms with Crippen molar-refractivity contribution in [3.8, 4) is 5.75 Å². The molecule has 3 nitrogen and oxygen atoms in total. The SMILES string of the molecule is COc1cc(F)ccc1C1COC(c2c(F)cccc2F)=N1. The zero-order valence-electron chi connectivity index (χ0n) is 11.6. The number of benzene rings is 2. The fraction of sp³-hybridized carbons (Fsp3) is 0.188. The minimum Gasteiger partial charge on any atom is -0.496 e. The molecule has 0 saturated heterocycles. The van der Waals surface area contributed by atoms with Gasteiger partial charge in [0.05, 0.1) is 7.11 Å². The lowest BCUT2D eigenvalue weighted by atomic mass is 10.1. The highest BCUT2D eigenvalue weighted by Crippen LogP contribution is 2.33. The molecule has 6 heteroatoms. The van der Waals surface area contributed by atoms with E-state index in [1.54, 1.807) is 0 Å². The standard InChI is InChI=1S/C16H12F3NO2/c1-21-14-7-9(17)5-6-10(14)13-8-22-16(20-13)15-11(18)3-2-4-12(15)19/h2-7,13H,8H2,1H3. The Hall–Kier alpha value is -2.50. The van der Waals surface area contributed by atoms with E-state index in [-0.39, 0.29) is 18.1 Å². The molecule has 0 fully saturated rings. The van der Waals surface area contributed by atoms with Crippen molar-refractivity contribution in [1.82, 2.24) is 0 Å². The van der Waals surface area contributed by atoms with Gasteiger partial charge in [0, 0.05) is 11.6 Å². The number of aliphatic imine (C=N–C) groups is 1. The maximum Gasteiger partial charge on any atom is 0.222 e. The second kappa shape index (κ2) is 5.71. The van der Waals surface area contributed by atoms with Crippen molar-refractivity contribution >= 4 is 5.90 Å². The highest BCUT2D eigenvalue weighted by atomic mass is 19.1. The van der Waals surface area contributed by atoms with Gasteiger partial charge in [-0.15, -0.1) is 0 Å². The van der Waals surface area contributed by atoms with Gasteiger partial charge >= 0.3 is 0 Å². The number of ether oxygens (including phenoxy) is 2. The highest BCUT2D eigenvalue weighted by Gasteiger charge is 2.27. The number of rotatable bonds is 3. The average Bonchev–Trinajstić information content (AvgIpc) is 2.96. The van der Waals surface area contributed by atoms with Crippen LogP contribution < -0.4 is 4.74 Å². The first-order valence-electron chi connectivity index (χ1n) is 6.58. The zero-order chi connectivity index (χ0) is 15.7. The van der Waals surface area contributed by atoms with Crippen LogP contribution in [0, 0.1) is 17.5 Å². The predicted molar refractivity (Wildman–Crippen MR) is 74.5 cm³/mol. The number of hydrogen-bond acceptors (Lipinski definition) is 3. The van der Waals surface area contributed by atoms with Crippen LogP contribution in [-0.2, 0) is 4.74 Å². The summed E-state index contributed by atoms with van der Waals surface area (Å²) in [6.45, 7) is 0.102. The molecule has 0 aliphatic carbocycles. The van der Waals surface area contributed by atoms with Gasteiger partial charge < -0.3 is 9.47 Å². The summed E-state index contributed by atoms with van der Waals surface area (Å²) >= 11 is 0. The average molecular weight is 307 g/mol. The van der Waals surface area contributed by atoms with E-state index >= 15 is 0 Å². The van der Waals surface area contributed by atoms with Gasteiger partial charge in [-0.25, -0.2) is 18.2 Å². The van der Waals surface area contributed by atoms with Crippen LogP contribution in [0.3, 0.4) is 0 Å². The van der Waals surface area contributed by atoms with E-state index in [1.165, 1.54) is 31.4 Å². The number of halogens is 3. The number of nitrogens with zero attached hydrogens (tertiary/aromatic N) is 1. The Labute approximate surface area is 125 Å². The Balaban J connectivity index is 1.98. The summed E-state index contributed by atoms with van der Waals surface area (Å²) in [5.41, 5.74) is 0.293. The fourth-order valence-electron chi connectivity index (χ4n) is 2.33. The minimum absolute atomic E-state index is 0.102. The first-order valence-corrected chi connectivity index (χ1v) is 6.58. The van der Waals surface area contributed by atoms with E-state index in [1.807, 2.05) is 0 Å². The topological polar surface area (TPSA) is 30.8 Å². The van der Waals surface area contributed by atoms with Crippen LogP contribution >= 0.6 is 0 Å². The fourth-order valence-corrected chi connectivity index (χ4v) is 2.33. The molecule has 0 spiro atoms. The molecule has 0 bridgehead atoms. The Bertz CT molecular complexity index is 726. The van der Waals surface area contributed by atoms with Crippen molar-refractivity contribution in [2.75, 3.05) is 13.7 Å². The molecule has 3 rings (SSSR count). The molecule has 0 amide bonds. The first kappa shape index (κ1) is 14.4. The van der Waals surface area contributed by atoms with Crippen molar-refractivity contribution in [3.05, 3.63) is 65.0 Å². The zero-order valence-corrected chi connectivity index (χ0v) is 11.6. The Kier molecular flexibility index (Phi) is 3.75. The Morgan fingerprint density at radius 1 is 1.14 bits per heavy atom. The highest BCUT2D eigenvalue weighted by molar-refractivity contribution is 5.95. The molecule has 1 atom stereocenters. The second-order valence-electron chi connectivity index (χ2n) is 4.74. The lowest BCUT2D eigenvalue weighted by molar-refractivity contribution is 0.313. The molecule has 1 heterocycles. The minimum atomic E-state index is -0.745. The van der Waals surface area contributed by atoms with Crippen LogP contribution in [0.25, 0.3) is 0 Å². The lowest BCUT2D eigenvalue weighted by Crippen LogP contribution is -2.07. The van der Waals surface area contributed by atoms with Crippen molar-refractivity contribution in [2.45, 2.75) is 6.04 Å². The Morgan fingerprint density at radius 2 is 1.86 bits per heavy atom. The van der Waals surface area contributed by atoms with E-state index in [2.05, 4.69) is 4.99 Å². The molecule has 2 aromatic carbocycles. The summed E-state index contributed by atoms with van der Waals surface area (Å²) in [4.78, 5) is 4.20. The smallest absolute Gasteiger partial charge is 0.222 e. The van der Waals surface area contributed by atoms with E-state index in [4.69, 9.17) is 9.47 Å². The number of hydrogen-bond donors (Lipinski definition) is 0. The maximum absolute atomic E-state index is 13.8. The van der Waals surface area contributed by atoms with Gasteiger partial charge in [-0.05, 0) is 18.2 Å². The Morgan fingerprint density at radius 3 is 2.55 bits per heavy atom. The van der Waals surface area contributed by atoms with Crippen LogP contribution in [0.4, 0.5) is 13.2 Å². The third kappa shape index (κ3) is 2.52. The molecule has 0 N–H and O–H groups in total. The summed E-state index contributed by atoms with van der Waals surface area (Å²) in [6, 6.07) is 7.05. The number of methoxy groups -OCH3 is 1. The monoisotopic (exact) mass is 307 g/mol. The van der Waals surface area contributed by atoms with Gasteiger partial charge in [-0.1, -0.05) is 12.1 Å². The predicted octanol–water partition coefficient (Wildman–Crippen LogP) is 3.63. The summed E-state index contributed by atoms with van der Waals surface area (Å²) in [5, 5.41) is 0. The van der Waals surface area contributed by atoms with Gasteiger partial charge in [0.25, 0.3) is 0 Å². The third-order valence-electron chi connectivity index (χ3n) is 3.38. The first-order chi connectivity index (χ1) is 10.6. The lowest BCUT2D eigenvalue weighted by Gasteiger charge is -2.10. The van der Waals surface area contributed by atoms with Crippen molar-refractivity contribution in [1.29, 1.82) is 0 Å². The van der Waals surface area contributed by atoms with Gasteiger partial charge in [-0.3, -0.25) is 0 Å². The molecule has 1 unspecified atom stereocenters. The summed E-state index contributed by atoms with van der Waals surface area (Å²) in [6.07, 6.45) is 0. The van der Waals surface area contributed by atoms with Gasteiger partial charge in [0.1, 0.15) is 41.4 Å². The molecule has 0 aromatic heterocycles. The molecule has 2 aromatic rings. The molecule has 1 aliphatic heterocycles. The second-order valence-corrected chi connectivity index (χ2v) is 4.74. The van der Waals surface area contributed by atoms with E-state index < -0.39 is 23.5 Å². The van der Waals surface area contributed by atoms with Gasteiger partial charge in [0.15, 0.2) is 0 Å². The van der Waals surface area contributed by atoms with E-state index in [0.29, 0.717) is 11.3 Å². The van der Waals surface area contributed by atoms with Crippen molar-refractivity contribution < 1.29 is 22.6 Å². The van der Waals surface area contributed by atoms with Crippen LogP contribution in [0.5, 0.6) is 5.75 Å². The van der Waals surface area contributed by atoms with Gasteiger partial charge in [0.2, 0.25) is 5.90 Å². The molecule has 114 valence electrons. The van der Waals surface area contributed by atoms with E-state index in [9.17, 15) is 13.2 Å². The van der Waals surface area contributed by atoms with Crippen molar-refractivity contribution in [3.63, 3.8) is 0 Å². The molecule has 22 heavy (non-hydrogen) atoms. The molecule has 0 saturated carbocycles. The summed E-state index contributed by atoms with van der Waals surface area (Å²) in [7, 11) is 1.41. The molecule has 0 radical (unpaired) electrons. The summed E-state index contributed by atoms with van der Waals surface area (Å²) in [5.74, 6) is -1.72. The van der Waals surface area contributed by atoms with Gasteiger partial charge in [-0.2, -0.15) is 0 Å². The third-order valence-corrected chi connectivity index (χ3v) is 3.38. The molecule has 1 aliphatic rings. The summed E-state index contributed by atoms with van der Waals surface area (Å²) < 4.78 is 51.2. The maximum atomic E-state index is 13.8. The van der Waals surface area contributed by atoms with Crippen molar-refractivity contribution in [2.24, 2.45) is 4.99 Å².